The molecule has 30 heavy (non-hydrogen) atoms. The molecule has 0 spiro atoms. The number of rotatable bonds is 4. The summed E-state index contributed by atoms with van der Waals surface area (Å²) in [4.78, 5) is 24.3. The summed E-state index contributed by atoms with van der Waals surface area (Å²) in [6.45, 7) is 1.70. The number of hydrogen-bond donors (Lipinski definition) is 1. The zero-order valence-electron chi connectivity index (χ0n) is 15.6. The van der Waals surface area contributed by atoms with Crippen LogP contribution in [-0.2, 0) is 4.79 Å². The number of nitrogens with zero attached hydrogens (tertiary/aromatic N) is 2. The van der Waals surface area contributed by atoms with Crippen LogP contribution in [0.2, 0.25) is 5.02 Å². The topological polar surface area (TPSA) is 83.1 Å². The molecule has 0 radical (unpaired) electrons. The number of aromatic carboxylic acids is 1. The van der Waals surface area contributed by atoms with E-state index in [0.29, 0.717) is 28.5 Å². The second kappa shape index (κ2) is 7.93. The molecule has 1 aromatic heterocycles. The van der Waals surface area contributed by atoms with Crippen molar-refractivity contribution in [2.24, 2.45) is 5.10 Å². The number of carbonyl (C=O) groups excluding carboxylic acids is 1. The lowest BCUT2D eigenvalue weighted by Gasteiger charge is -2.12. The third-order valence-electron chi connectivity index (χ3n) is 4.54. The van der Waals surface area contributed by atoms with Crippen molar-refractivity contribution in [3.8, 4) is 11.3 Å². The van der Waals surface area contributed by atoms with Gasteiger partial charge in [0.1, 0.15) is 11.5 Å². The molecule has 0 saturated heterocycles. The quantitative estimate of drug-likeness (QED) is 0.469. The Bertz CT molecular complexity index is 1250. The molecule has 0 saturated carbocycles. The zero-order valence-corrected chi connectivity index (χ0v) is 17.9. The highest BCUT2D eigenvalue weighted by atomic mass is 79.9. The average molecular weight is 486 g/mol. The summed E-state index contributed by atoms with van der Waals surface area (Å²) in [6, 6.07) is 15.6. The lowest BCUT2D eigenvalue weighted by Crippen LogP contribution is -2.21. The van der Waals surface area contributed by atoms with Gasteiger partial charge in [0.05, 0.1) is 27.6 Å². The molecule has 0 fully saturated rings. The Morgan fingerprint density at radius 2 is 1.97 bits per heavy atom. The van der Waals surface area contributed by atoms with Gasteiger partial charge in [-0.15, -0.1) is 0 Å². The molecular weight excluding hydrogens is 472 g/mol. The van der Waals surface area contributed by atoms with Crippen molar-refractivity contribution >= 4 is 56.9 Å². The number of furan rings is 1. The molecule has 6 nitrogen and oxygen atoms in total. The van der Waals surface area contributed by atoms with Crippen LogP contribution in [0.1, 0.15) is 23.0 Å². The van der Waals surface area contributed by atoms with E-state index in [-0.39, 0.29) is 16.5 Å². The molecule has 8 heteroatoms. The molecule has 1 aliphatic heterocycles. The average Bonchev–Trinajstić information content (AvgIpc) is 3.29. The molecule has 0 atom stereocenters. The Morgan fingerprint density at radius 1 is 1.20 bits per heavy atom. The van der Waals surface area contributed by atoms with Crippen LogP contribution in [0.5, 0.6) is 0 Å². The summed E-state index contributed by atoms with van der Waals surface area (Å²) < 4.78 is 6.79. The molecule has 2 heterocycles. The van der Waals surface area contributed by atoms with Crippen molar-refractivity contribution in [1.29, 1.82) is 0 Å². The summed E-state index contributed by atoms with van der Waals surface area (Å²) in [5.74, 6) is -0.400. The molecule has 1 amide bonds. The third kappa shape index (κ3) is 3.69. The Balaban J connectivity index is 1.65. The minimum Gasteiger partial charge on any atom is -0.478 e. The number of hydrazone groups is 1. The third-order valence-corrected chi connectivity index (χ3v) is 5.56. The number of anilines is 1. The number of carboxylic acids is 1. The Kier molecular flexibility index (Phi) is 5.32. The highest BCUT2D eigenvalue weighted by molar-refractivity contribution is 9.10. The molecule has 1 aliphatic rings. The predicted molar refractivity (Wildman–Crippen MR) is 119 cm³/mol. The maximum atomic E-state index is 12.9. The van der Waals surface area contributed by atoms with E-state index in [0.717, 1.165) is 15.0 Å². The molecule has 1 N–H and O–H groups in total. The maximum Gasteiger partial charge on any atom is 0.337 e. The molecule has 4 rings (SSSR count). The van der Waals surface area contributed by atoms with Gasteiger partial charge in [-0.1, -0.05) is 45.7 Å². The van der Waals surface area contributed by atoms with Crippen LogP contribution >= 0.6 is 27.5 Å². The van der Waals surface area contributed by atoms with Gasteiger partial charge >= 0.3 is 5.97 Å². The fourth-order valence-corrected chi connectivity index (χ4v) is 3.73. The monoisotopic (exact) mass is 484 g/mol. The smallest absolute Gasteiger partial charge is 0.337 e. The largest absolute Gasteiger partial charge is 0.478 e. The Labute approximate surface area is 185 Å². The summed E-state index contributed by atoms with van der Waals surface area (Å²) in [7, 11) is 0. The van der Waals surface area contributed by atoms with Crippen molar-refractivity contribution < 1.29 is 19.1 Å². The van der Waals surface area contributed by atoms with Gasteiger partial charge in [-0.25, -0.2) is 4.79 Å². The molecule has 0 aliphatic carbocycles. The van der Waals surface area contributed by atoms with Crippen molar-refractivity contribution in [3.05, 3.63) is 81.0 Å². The molecule has 3 aromatic rings. The van der Waals surface area contributed by atoms with Gasteiger partial charge in [0.25, 0.3) is 5.91 Å². The molecular formula is C22H14BrClN2O4. The minimum absolute atomic E-state index is 0.0875. The van der Waals surface area contributed by atoms with Gasteiger partial charge in [-0.3, -0.25) is 4.79 Å². The number of carbonyl (C=O) groups is 2. The minimum atomic E-state index is -1.18. The van der Waals surface area contributed by atoms with Crippen LogP contribution in [0.15, 0.2) is 74.2 Å². The summed E-state index contributed by atoms with van der Waals surface area (Å²) in [6.07, 6.45) is 1.62. The maximum absolute atomic E-state index is 12.9. The Hall–Kier alpha value is -3.16. The zero-order chi connectivity index (χ0) is 21.4. The van der Waals surface area contributed by atoms with E-state index in [1.807, 2.05) is 30.3 Å². The van der Waals surface area contributed by atoms with Crippen LogP contribution in [0.4, 0.5) is 5.69 Å². The number of benzene rings is 2. The van der Waals surface area contributed by atoms with Crippen LogP contribution < -0.4 is 5.01 Å². The van der Waals surface area contributed by atoms with Gasteiger partial charge in [0.2, 0.25) is 0 Å². The van der Waals surface area contributed by atoms with E-state index in [9.17, 15) is 14.7 Å². The second-order valence-electron chi connectivity index (χ2n) is 6.51. The molecule has 0 bridgehead atoms. The van der Waals surface area contributed by atoms with E-state index >= 15 is 0 Å². The number of halogens is 2. The summed E-state index contributed by atoms with van der Waals surface area (Å²) in [5.41, 5.74) is 1.96. The SMILES string of the molecule is CC1=NN(c2ccc(Cl)c(C(=O)O)c2)C(=O)/C1=C\c1ccc(-c2ccccc2Br)o1. The van der Waals surface area contributed by atoms with Gasteiger partial charge < -0.3 is 9.52 Å². The van der Waals surface area contributed by atoms with Crippen molar-refractivity contribution in [2.75, 3.05) is 5.01 Å². The van der Waals surface area contributed by atoms with Gasteiger partial charge in [0.15, 0.2) is 0 Å². The normalized spacial score (nSPS) is 15.0. The predicted octanol–water partition coefficient (Wildman–Crippen LogP) is 5.87. The summed E-state index contributed by atoms with van der Waals surface area (Å²) in [5, 5.41) is 14.8. The Morgan fingerprint density at radius 3 is 2.70 bits per heavy atom. The fraction of sp³-hybridized carbons (Fsp3) is 0.0455. The van der Waals surface area contributed by atoms with Crippen molar-refractivity contribution in [1.82, 2.24) is 0 Å². The first kappa shape index (κ1) is 20.1. The number of amides is 1. The first-order valence-electron chi connectivity index (χ1n) is 8.84. The van der Waals surface area contributed by atoms with E-state index in [2.05, 4.69) is 21.0 Å². The summed E-state index contributed by atoms with van der Waals surface area (Å²) >= 11 is 9.41. The fourth-order valence-electron chi connectivity index (χ4n) is 3.05. The molecule has 0 unspecified atom stereocenters. The van der Waals surface area contributed by atoms with E-state index < -0.39 is 5.97 Å². The highest BCUT2D eigenvalue weighted by Gasteiger charge is 2.30. The number of hydrogen-bond acceptors (Lipinski definition) is 4. The van der Waals surface area contributed by atoms with E-state index in [1.54, 1.807) is 25.1 Å². The van der Waals surface area contributed by atoms with E-state index in [4.69, 9.17) is 16.0 Å². The lowest BCUT2D eigenvalue weighted by atomic mass is 10.1. The molecule has 2 aromatic carbocycles. The second-order valence-corrected chi connectivity index (χ2v) is 7.77. The van der Waals surface area contributed by atoms with Crippen LogP contribution in [0.25, 0.3) is 17.4 Å². The van der Waals surface area contributed by atoms with Crippen LogP contribution in [0.3, 0.4) is 0 Å². The van der Waals surface area contributed by atoms with Gasteiger partial charge in [-0.05, 0) is 49.4 Å². The first-order chi connectivity index (χ1) is 14.3. The van der Waals surface area contributed by atoms with Gasteiger partial charge in [0, 0.05) is 10.0 Å². The van der Waals surface area contributed by atoms with Crippen molar-refractivity contribution in [3.63, 3.8) is 0 Å². The lowest BCUT2D eigenvalue weighted by molar-refractivity contribution is -0.114. The number of carboxylic acid groups (broad SMARTS) is 1. The standard InChI is InChI=1S/C22H14BrClN2O4/c1-12-16(11-14-7-9-20(30-14)15-4-2-3-5-18(15)23)21(27)26(25-12)13-6-8-19(24)17(10-13)22(28)29/h2-11H,1H3,(H,28,29)/b16-11-. The first-order valence-corrected chi connectivity index (χ1v) is 10.0. The van der Waals surface area contributed by atoms with Crippen LogP contribution in [0, 0.1) is 0 Å². The van der Waals surface area contributed by atoms with Gasteiger partial charge in [-0.2, -0.15) is 10.1 Å². The van der Waals surface area contributed by atoms with E-state index in [1.165, 1.54) is 12.1 Å². The molecule has 150 valence electrons. The van der Waals surface area contributed by atoms with Crippen LogP contribution in [-0.4, -0.2) is 22.7 Å². The van der Waals surface area contributed by atoms with Crippen molar-refractivity contribution in [2.45, 2.75) is 6.92 Å². The highest BCUT2D eigenvalue weighted by Crippen LogP contribution is 2.32.